The lowest BCUT2D eigenvalue weighted by molar-refractivity contribution is -0.114. The molecule has 10 heteroatoms. The van der Waals surface area contributed by atoms with Crippen molar-refractivity contribution >= 4 is 49.8 Å². The van der Waals surface area contributed by atoms with E-state index in [-0.39, 0.29) is 11.4 Å². The Balaban J connectivity index is 1.95. The SMILES string of the molecule is CSc1nnc(NC(=O)CN(c2ccc(C)cc2C)S(=O)(=O)c2ccccc2)s1. The number of hydrogen-bond acceptors (Lipinski definition) is 7. The van der Waals surface area contributed by atoms with Crippen LogP contribution in [0.25, 0.3) is 0 Å². The van der Waals surface area contributed by atoms with Gasteiger partial charge in [0.25, 0.3) is 10.0 Å². The Hall–Kier alpha value is -2.43. The summed E-state index contributed by atoms with van der Waals surface area (Å²) in [6.45, 7) is 3.37. The second-order valence-electron chi connectivity index (χ2n) is 6.24. The fourth-order valence-electron chi connectivity index (χ4n) is 2.74. The molecule has 0 aliphatic heterocycles. The molecule has 0 radical (unpaired) electrons. The van der Waals surface area contributed by atoms with Crippen LogP contribution < -0.4 is 9.62 Å². The standard InChI is InChI=1S/C19H20N4O3S3/c1-13-9-10-16(14(2)11-13)23(29(25,26)15-7-5-4-6-8-15)12-17(24)20-18-21-22-19(27-3)28-18/h4-11H,12H2,1-3H3,(H,20,21,24). The van der Waals surface area contributed by atoms with Gasteiger partial charge in [-0.3, -0.25) is 14.4 Å². The highest BCUT2D eigenvalue weighted by atomic mass is 32.2. The molecular formula is C19H20N4O3S3. The van der Waals surface area contributed by atoms with Gasteiger partial charge >= 0.3 is 0 Å². The summed E-state index contributed by atoms with van der Waals surface area (Å²) >= 11 is 2.65. The van der Waals surface area contributed by atoms with Crippen molar-refractivity contribution in [1.29, 1.82) is 0 Å². The minimum absolute atomic E-state index is 0.119. The van der Waals surface area contributed by atoms with Crippen LogP contribution in [0.2, 0.25) is 0 Å². The van der Waals surface area contributed by atoms with Gasteiger partial charge in [0.1, 0.15) is 6.54 Å². The molecule has 0 atom stereocenters. The highest BCUT2D eigenvalue weighted by Gasteiger charge is 2.28. The number of thioether (sulfide) groups is 1. The van der Waals surface area contributed by atoms with Crippen molar-refractivity contribution in [3.8, 4) is 0 Å². The molecule has 0 saturated carbocycles. The molecule has 0 spiro atoms. The third kappa shape index (κ3) is 4.95. The van der Waals surface area contributed by atoms with Gasteiger partial charge in [0.15, 0.2) is 4.34 Å². The van der Waals surface area contributed by atoms with Gasteiger partial charge in [0.2, 0.25) is 11.0 Å². The maximum Gasteiger partial charge on any atom is 0.264 e. The molecule has 3 aromatic rings. The van der Waals surface area contributed by atoms with E-state index in [0.717, 1.165) is 15.4 Å². The molecule has 1 N–H and O–H groups in total. The molecule has 29 heavy (non-hydrogen) atoms. The number of nitrogens with zero attached hydrogens (tertiary/aromatic N) is 3. The lowest BCUT2D eigenvalue weighted by atomic mass is 10.1. The quantitative estimate of drug-likeness (QED) is 0.438. The summed E-state index contributed by atoms with van der Waals surface area (Å²) in [5, 5.41) is 10.8. The number of aryl methyl sites for hydroxylation is 2. The molecule has 3 rings (SSSR count). The van der Waals surface area contributed by atoms with Gasteiger partial charge in [0, 0.05) is 0 Å². The number of amides is 1. The first-order chi connectivity index (χ1) is 13.8. The van der Waals surface area contributed by atoms with E-state index in [2.05, 4.69) is 15.5 Å². The molecule has 0 fully saturated rings. The van der Waals surface area contributed by atoms with Crippen LogP contribution in [0.5, 0.6) is 0 Å². The van der Waals surface area contributed by atoms with Crippen LogP contribution in [-0.4, -0.2) is 37.3 Å². The van der Waals surface area contributed by atoms with Crippen LogP contribution in [0.4, 0.5) is 10.8 Å². The number of benzene rings is 2. The van der Waals surface area contributed by atoms with E-state index in [0.29, 0.717) is 15.2 Å². The minimum Gasteiger partial charge on any atom is -0.299 e. The van der Waals surface area contributed by atoms with E-state index in [1.165, 1.54) is 35.2 Å². The summed E-state index contributed by atoms with van der Waals surface area (Å²) in [5.74, 6) is -0.492. The summed E-state index contributed by atoms with van der Waals surface area (Å²) in [6.07, 6.45) is 1.86. The van der Waals surface area contributed by atoms with Crippen LogP contribution in [0.15, 0.2) is 57.8 Å². The number of anilines is 2. The number of carbonyl (C=O) groups excluding carboxylic acids is 1. The lowest BCUT2D eigenvalue weighted by Gasteiger charge is -2.25. The van der Waals surface area contributed by atoms with Gasteiger partial charge in [-0.25, -0.2) is 8.42 Å². The fraction of sp³-hybridized carbons (Fsp3) is 0.211. The Kier molecular flexibility index (Phi) is 6.56. The van der Waals surface area contributed by atoms with E-state index in [4.69, 9.17) is 0 Å². The van der Waals surface area contributed by atoms with Gasteiger partial charge in [0.05, 0.1) is 10.6 Å². The van der Waals surface area contributed by atoms with Gasteiger partial charge in [-0.05, 0) is 43.9 Å². The van der Waals surface area contributed by atoms with E-state index in [9.17, 15) is 13.2 Å². The van der Waals surface area contributed by atoms with Crippen molar-refractivity contribution in [3.05, 3.63) is 59.7 Å². The molecule has 1 aromatic heterocycles. The third-order valence-electron chi connectivity index (χ3n) is 4.07. The molecule has 0 bridgehead atoms. The molecule has 1 amide bonds. The van der Waals surface area contributed by atoms with Gasteiger partial charge < -0.3 is 0 Å². The number of hydrogen-bond donors (Lipinski definition) is 1. The zero-order valence-electron chi connectivity index (χ0n) is 16.1. The molecule has 2 aromatic carbocycles. The second kappa shape index (κ2) is 8.93. The molecule has 1 heterocycles. The zero-order chi connectivity index (χ0) is 21.0. The van der Waals surface area contributed by atoms with Gasteiger partial charge in [-0.2, -0.15) is 0 Å². The largest absolute Gasteiger partial charge is 0.299 e. The summed E-state index contributed by atoms with van der Waals surface area (Å²) in [6, 6.07) is 13.5. The number of carbonyl (C=O) groups is 1. The first-order valence-electron chi connectivity index (χ1n) is 8.63. The van der Waals surface area contributed by atoms with Crippen LogP contribution in [0, 0.1) is 13.8 Å². The van der Waals surface area contributed by atoms with Crippen LogP contribution in [-0.2, 0) is 14.8 Å². The molecular weight excluding hydrogens is 428 g/mol. The van der Waals surface area contributed by atoms with Crippen LogP contribution >= 0.6 is 23.1 Å². The number of rotatable bonds is 7. The molecule has 0 aliphatic carbocycles. The third-order valence-corrected chi connectivity index (χ3v) is 7.66. The molecule has 152 valence electrons. The van der Waals surface area contributed by atoms with Crippen molar-refractivity contribution in [2.24, 2.45) is 0 Å². The first-order valence-corrected chi connectivity index (χ1v) is 12.1. The second-order valence-corrected chi connectivity index (χ2v) is 10.1. The van der Waals surface area contributed by atoms with Crippen molar-refractivity contribution in [3.63, 3.8) is 0 Å². The Bertz CT molecular complexity index is 1110. The van der Waals surface area contributed by atoms with Gasteiger partial charge in [-0.1, -0.05) is 59.0 Å². The number of nitrogens with one attached hydrogen (secondary N) is 1. The highest BCUT2D eigenvalue weighted by molar-refractivity contribution is 8.00. The zero-order valence-corrected chi connectivity index (χ0v) is 18.6. The average molecular weight is 449 g/mol. The predicted octanol–water partition coefficient (Wildman–Crippen LogP) is 3.71. The number of sulfonamides is 1. The Morgan fingerprint density at radius 2 is 1.86 bits per heavy atom. The van der Waals surface area contributed by atoms with Crippen molar-refractivity contribution in [1.82, 2.24) is 10.2 Å². The molecule has 7 nitrogen and oxygen atoms in total. The Labute approximate surface area is 178 Å². The molecule has 0 saturated heterocycles. The maximum atomic E-state index is 13.3. The summed E-state index contributed by atoms with van der Waals surface area (Å²) in [4.78, 5) is 12.8. The predicted molar refractivity (Wildman–Crippen MR) is 117 cm³/mol. The van der Waals surface area contributed by atoms with E-state index in [1.54, 1.807) is 24.3 Å². The Morgan fingerprint density at radius 1 is 1.14 bits per heavy atom. The summed E-state index contributed by atoms with van der Waals surface area (Å²) in [5.41, 5.74) is 2.22. The molecule has 0 unspecified atom stereocenters. The number of aromatic nitrogens is 2. The molecule has 0 aliphatic rings. The fourth-order valence-corrected chi connectivity index (χ4v) is 5.43. The summed E-state index contributed by atoms with van der Waals surface area (Å²) < 4.78 is 28.5. The maximum absolute atomic E-state index is 13.3. The topological polar surface area (TPSA) is 92.3 Å². The highest BCUT2D eigenvalue weighted by Crippen LogP contribution is 2.28. The smallest absolute Gasteiger partial charge is 0.264 e. The average Bonchev–Trinajstić information content (AvgIpc) is 3.15. The van der Waals surface area contributed by atoms with E-state index >= 15 is 0 Å². The Morgan fingerprint density at radius 3 is 2.48 bits per heavy atom. The van der Waals surface area contributed by atoms with E-state index in [1.807, 2.05) is 32.2 Å². The van der Waals surface area contributed by atoms with Crippen LogP contribution in [0.3, 0.4) is 0 Å². The van der Waals surface area contributed by atoms with Gasteiger partial charge in [-0.15, -0.1) is 10.2 Å². The lowest BCUT2D eigenvalue weighted by Crippen LogP contribution is -2.38. The van der Waals surface area contributed by atoms with Crippen molar-refractivity contribution < 1.29 is 13.2 Å². The van der Waals surface area contributed by atoms with Crippen molar-refractivity contribution in [2.75, 3.05) is 22.4 Å². The van der Waals surface area contributed by atoms with Crippen LogP contribution in [0.1, 0.15) is 11.1 Å². The van der Waals surface area contributed by atoms with E-state index < -0.39 is 15.9 Å². The van der Waals surface area contributed by atoms with Crippen molar-refractivity contribution in [2.45, 2.75) is 23.1 Å². The first kappa shape index (κ1) is 21.3. The minimum atomic E-state index is -3.94. The normalized spacial score (nSPS) is 11.3. The summed E-state index contributed by atoms with van der Waals surface area (Å²) in [7, 11) is -3.94. The monoisotopic (exact) mass is 448 g/mol.